The average molecular weight is 310 g/mol. The maximum absolute atomic E-state index is 11.0. The molecular weight excluding hydrogens is 288 g/mol. The maximum Gasteiger partial charge on any atom is 0.328 e. The molecule has 1 aromatic carbocycles. The molecule has 0 atom stereocenters. The second-order valence-corrected chi connectivity index (χ2v) is 5.91. The van der Waals surface area contributed by atoms with Crippen molar-refractivity contribution in [3.05, 3.63) is 46.7 Å². The minimum absolute atomic E-state index is 0.838. The Labute approximate surface area is 136 Å². The first-order valence-corrected chi connectivity index (χ1v) is 8.20. The van der Waals surface area contributed by atoms with Crippen molar-refractivity contribution in [1.29, 1.82) is 0 Å². The molecule has 0 fully saturated rings. The highest BCUT2D eigenvalue weighted by atomic mass is 16.4. The van der Waals surface area contributed by atoms with Crippen LogP contribution in [0.5, 0.6) is 0 Å². The topological polar surface area (TPSA) is 53.4 Å². The zero-order valence-corrected chi connectivity index (χ0v) is 13.7. The Morgan fingerprint density at radius 3 is 2.91 bits per heavy atom. The van der Waals surface area contributed by atoms with Gasteiger partial charge in [0.15, 0.2) is 0 Å². The molecule has 0 bridgehead atoms. The van der Waals surface area contributed by atoms with Crippen LogP contribution in [0, 0.1) is 0 Å². The van der Waals surface area contributed by atoms with Crippen molar-refractivity contribution < 1.29 is 9.90 Å². The van der Waals surface area contributed by atoms with Gasteiger partial charge >= 0.3 is 5.97 Å². The number of carboxylic acids is 1. The van der Waals surface area contributed by atoms with Crippen molar-refractivity contribution in [2.75, 3.05) is 13.1 Å². The van der Waals surface area contributed by atoms with Crippen LogP contribution in [0.15, 0.2) is 24.3 Å². The smallest absolute Gasteiger partial charge is 0.328 e. The van der Waals surface area contributed by atoms with Gasteiger partial charge in [0, 0.05) is 36.7 Å². The van der Waals surface area contributed by atoms with Crippen LogP contribution in [0.2, 0.25) is 0 Å². The van der Waals surface area contributed by atoms with Gasteiger partial charge in [-0.25, -0.2) is 4.79 Å². The zero-order valence-electron chi connectivity index (χ0n) is 13.7. The summed E-state index contributed by atoms with van der Waals surface area (Å²) in [5, 5.41) is 10.1. The van der Waals surface area contributed by atoms with Crippen LogP contribution in [-0.4, -0.2) is 34.0 Å². The van der Waals surface area contributed by atoms with Crippen molar-refractivity contribution in [3.63, 3.8) is 0 Å². The number of aryl methyl sites for hydroxylation is 1. The molecule has 0 radical (unpaired) electrons. The highest BCUT2D eigenvalue weighted by Gasteiger charge is 2.21. The van der Waals surface area contributed by atoms with E-state index in [1.807, 2.05) is 12.1 Å². The number of carboxylic acid groups (broad SMARTS) is 1. The lowest BCUT2D eigenvalue weighted by atomic mass is 9.93. The molecule has 23 heavy (non-hydrogen) atoms. The third kappa shape index (κ3) is 2.99. The van der Waals surface area contributed by atoms with E-state index in [0.717, 1.165) is 54.6 Å². The molecule has 0 unspecified atom stereocenters. The summed E-state index contributed by atoms with van der Waals surface area (Å²) in [6.45, 7) is 7.13. The lowest BCUT2D eigenvalue weighted by molar-refractivity contribution is -0.131. The average Bonchev–Trinajstić information content (AvgIpc) is 2.57. The SMILES string of the molecule is CCc1cccc2c(/C=C/C(=O)O)c3c(nc12)CCN(CC)C3. The quantitative estimate of drug-likeness (QED) is 0.881. The summed E-state index contributed by atoms with van der Waals surface area (Å²) in [6.07, 6.45) is 4.82. The van der Waals surface area contributed by atoms with Crippen molar-refractivity contribution in [2.24, 2.45) is 0 Å². The number of pyridine rings is 1. The molecular formula is C19H22N2O2. The van der Waals surface area contributed by atoms with Crippen LogP contribution in [0.25, 0.3) is 17.0 Å². The Morgan fingerprint density at radius 2 is 2.22 bits per heavy atom. The fourth-order valence-corrected chi connectivity index (χ4v) is 3.31. The summed E-state index contributed by atoms with van der Waals surface area (Å²) in [5.41, 5.74) is 5.54. The normalized spacial score (nSPS) is 15.2. The molecule has 2 aromatic rings. The van der Waals surface area contributed by atoms with Gasteiger partial charge in [-0.1, -0.05) is 32.0 Å². The third-order valence-corrected chi connectivity index (χ3v) is 4.60. The number of hydrogen-bond donors (Lipinski definition) is 1. The second kappa shape index (κ2) is 6.50. The van der Waals surface area contributed by atoms with Crippen molar-refractivity contribution >= 4 is 22.9 Å². The minimum Gasteiger partial charge on any atom is -0.478 e. The van der Waals surface area contributed by atoms with Crippen molar-refractivity contribution in [2.45, 2.75) is 33.2 Å². The van der Waals surface area contributed by atoms with E-state index in [9.17, 15) is 4.79 Å². The molecule has 2 heterocycles. The number of nitrogens with zero attached hydrogens (tertiary/aromatic N) is 2. The summed E-state index contributed by atoms with van der Waals surface area (Å²) < 4.78 is 0. The molecule has 4 heteroatoms. The number of aromatic nitrogens is 1. The molecule has 0 saturated carbocycles. The van der Waals surface area contributed by atoms with E-state index < -0.39 is 5.97 Å². The van der Waals surface area contributed by atoms with Gasteiger partial charge in [0.05, 0.1) is 5.52 Å². The molecule has 1 aliphatic rings. The molecule has 1 N–H and O–H groups in total. The van der Waals surface area contributed by atoms with Crippen LogP contribution in [-0.2, 0) is 24.2 Å². The molecule has 3 rings (SSSR count). The Morgan fingerprint density at radius 1 is 1.39 bits per heavy atom. The monoisotopic (exact) mass is 310 g/mol. The third-order valence-electron chi connectivity index (χ3n) is 4.60. The number of para-hydroxylation sites is 1. The van der Waals surface area contributed by atoms with Gasteiger partial charge in [0.1, 0.15) is 0 Å². The van der Waals surface area contributed by atoms with Gasteiger partial charge in [-0.15, -0.1) is 0 Å². The predicted octanol–water partition coefficient (Wildman–Crippen LogP) is 3.27. The van der Waals surface area contributed by atoms with Crippen LogP contribution in [0.1, 0.15) is 36.2 Å². The fourth-order valence-electron chi connectivity index (χ4n) is 3.31. The first-order chi connectivity index (χ1) is 11.1. The highest BCUT2D eigenvalue weighted by Crippen LogP contribution is 2.30. The lowest BCUT2D eigenvalue weighted by Gasteiger charge is -2.29. The Bertz CT molecular complexity index is 781. The molecule has 4 nitrogen and oxygen atoms in total. The number of benzene rings is 1. The van der Waals surface area contributed by atoms with Crippen LogP contribution < -0.4 is 0 Å². The van der Waals surface area contributed by atoms with Gasteiger partial charge in [-0.2, -0.15) is 0 Å². The molecule has 120 valence electrons. The number of likely N-dealkylation sites (N-methyl/N-ethyl adjacent to an activating group) is 1. The highest BCUT2D eigenvalue weighted by molar-refractivity contribution is 5.95. The summed E-state index contributed by atoms with van der Waals surface area (Å²) in [5.74, 6) is -0.918. The van der Waals surface area contributed by atoms with Crippen LogP contribution in [0.4, 0.5) is 0 Å². The summed E-state index contributed by atoms with van der Waals surface area (Å²) in [7, 11) is 0. The van der Waals surface area contributed by atoms with E-state index >= 15 is 0 Å². The first-order valence-electron chi connectivity index (χ1n) is 8.20. The Hall–Kier alpha value is -2.20. The minimum atomic E-state index is -0.918. The summed E-state index contributed by atoms with van der Waals surface area (Å²) in [4.78, 5) is 18.3. The van der Waals surface area contributed by atoms with E-state index in [0.29, 0.717) is 0 Å². The number of rotatable bonds is 4. The maximum atomic E-state index is 11.0. The van der Waals surface area contributed by atoms with E-state index in [4.69, 9.17) is 10.1 Å². The Balaban J connectivity index is 2.27. The standard InChI is InChI=1S/C19H22N2O2/c1-3-13-6-5-7-15-14(8-9-18(22)23)16-12-21(4-2)11-10-17(16)20-19(13)15/h5-9H,3-4,10-12H2,1-2H3,(H,22,23)/b9-8+. The fraction of sp³-hybridized carbons (Fsp3) is 0.368. The summed E-state index contributed by atoms with van der Waals surface area (Å²) >= 11 is 0. The molecule has 1 aliphatic heterocycles. The van der Waals surface area contributed by atoms with E-state index in [1.54, 1.807) is 6.08 Å². The molecule has 0 saturated heterocycles. The van der Waals surface area contributed by atoms with E-state index in [-0.39, 0.29) is 0 Å². The molecule has 0 spiro atoms. The molecule has 0 aliphatic carbocycles. The van der Waals surface area contributed by atoms with Crippen LogP contribution in [0.3, 0.4) is 0 Å². The number of hydrogen-bond acceptors (Lipinski definition) is 3. The number of fused-ring (bicyclic) bond motifs is 2. The van der Waals surface area contributed by atoms with E-state index in [1.165, 1.54) is 17.2 Å². The van der Waals surface area contributed by atoms with Gasteiger partial charge in [-0.05, 0) is 35.7 Å². The van der Waals surface area contributed by atoms with Gasteiger partial charge < -0.3 is 5.11 Å². The Kier molecular flexibility index (Phi) is 4.44. The van der Waals surface area contributed by atoms with Gasteiger partial charge in [0.2, 0.25) is 0 Å². The first kappa shape index (κ1) is 15.7. The molecule has 1 aromatic heterocycles. The van der Waals surface area contributed by atoms with Crippen molar-refractivity contribution in [1.82, 2.24) is 9.88 Å². The van der Waals surface area contributed by atoms with Crippen molar-refractivity contribution in [3.8, 4) is 0 Å². The lowest BCUT2D eigenvalue weighted by Crippen LogP contribution is -2.31. The number of aliphatic carboxylic acids is 1. The predicted molar refractivity (Wildman–Crippen MR) is 92.4 cm³/mol. The summed E-state index contributed by atoms with van der Waals surface area (Å²) in [6, 6.07) is 6.19. The van der Waals surface area contributed by atoms with Gasteiger partial charge in [-0.3, -0.25) is 9.88 Å². The van der Waals surface area contributed by atoms with E-state index in [2.05, 4.69) is 24.8 Å². The van der Waals surface area contributed by atoms with Gasteiger partial charge in [0.25, 0.3) is 0 Å². The largest absolute Gasteiger partial charge is 0.478 e. The second-order valence-electron chi connectivity index (χ2n) is 5.91. The zero-order chi connectivity index (χ0) is 16.4. The van der Waals surface area contributed by atoms with Crippen LogP contribution >= 0.6 is 0 Å². The molecule has 0 amide bonds. The number of carbonyl (C=O) groups is 1.